The van der Waals surface area contributed by atoms with E-state index in [0.29, 0.717) is 17.2 Å². The lowest BCUT2D eigenvalue weighted by atomic mass is 10.1. The molecule has 0 aliphatic heterocycles. The van der Waals surface area contributed by atoms with Crippen LogP contribution in [-0.4, -0.2) is 12.4 Å². The third kappa shape index (κ3) is 4.36. The first-order valence-corrected chi connectivity index (χ1v) is 7.03. The Hall–Kier alpha value is -2.26. The van der Waals surface area contributed by atoms with Gasteiger partial charge < -0.3 is 10.1 Å². The maximum absolute atomic E-state index is 12.0. The van der Waals surface area contributed by atoms with Crippen LogP contribution in [0.25, 0.3) is 0 Å². The molecule has 0 aromatic heterocycles. The first kappa shape index (κ1) is 15.1. The Bertz CT molecular complexity index is 635. The highest BCUT2D eigenvalue weighted by Gasteiger charge is 2.02. The highest BCUT2D eigenvalue weighted by molar-refractivity contribution is 6.33. The van der Waals surface area contributed by atoms with Crippen molar-refractivity contribution in [3.8, 4) is 5.75 Å². The molecule has 21 heavy (non-hydrogen) atoms. The molecule has 108 valence electrons. The molecule has 0 amide bonds. The van der Waals surface area contributed by atoms with Crippen LogP contribution in [0.3, 0.4) is 0 Å². The monoisotopic (exact) mass is 301 g/mol. The summed E-state index contributed by atoms with van der Waals surface area (Å²) in [5.74, 6) is 0.671. The van der Waals surface area contributed by atoms with E-state index in [4.69, 9.17) is 16.3 Å². The van der Waals surface area contributed by atoms with Crippen molar-refractivity contribution in [2.45, 2.75) is 6.92 Å². The van der Waals surface area contributed by atoms with E-state index in [1.165, 1.54) is 6.08 Å². The first-order valence-electron chi connectivity index (χ1n) is 6.65. The van der Waals surface area contributed by atoms with E-state index >= 15 is 0 Å². The minimum atomic E-state index is -0.0856. The molecule has 0 heterocycles. The Kier molecular flexibility index (Phi) is 5.41. The number of allylic oxidation sites excluding steroid dienone is 1. The molecular formula is C17H16ClNO2. The van der Waals surface area contributed by atoms with Gasteiger partial charge in [-0.1, -0.05) is 23.7 Å². The van der Waals surface area contributed by atoms with Gasteiger partial charge in [-0.3, -0.25) is 4.79 Å². The lowest BCUT2D eigenvalue weighted by molar-refractivity contribution is 0.104. The number of nitrogens with one attached hydrogen (secondary N) is 1. The van der Waals surface area contributed by atoms with Crippen LogP contribution in [0.1, 0.15) is 17.3 Å². The number of rotatable bonds is 6. The van der Waals surface area contributed by atoms with E-state index < -0.39 is 0 Å². The summed E-state index contributed by atoms with van der Waals surface area (Å²) >= 11 is 6.01. The van der Waals surface area contributed by atoms with Crippen LogP contribution in [0.15, 0.2) is 60.8 Å². The number of hydrogen-bond acceptors (Lipinski definition) is 3. The zero-order chi connectivity index (χ0) is 15.1. The lowest BCUT2D eigenvalue weighted by Gasteiger charge is -2.04. The van der Waals surface area contributed by atoms with Gasteiger partial charge in [-0.05, 0) is 43.3 Å². The molecule has 0 aliphatic rings. The van der Waals surface area contributed by atoms with Crippen molar-refractivity contribution in [2.24, 2.45) is 0 Å². The molecule has 0 aliphatic carbocycles. The van der Waals surface area contributed by atoms with Crippen molar-refractivity contribution in [1.82, 2.24) is 0 Å². The van der Waals surface area contributed by atoms with Crippen molar-refractivity contribution in [2.75, 3.05) is 11.9 Å². The predicted molar refractivity (Wildman–Crippen MR) is 86.2 cm³/mol. The second-order valence-corrected chi connectivity index (χ2v) is 4.69. The molecule has 2 rings (SSSR count). The van der Waals surface area contributed by atoms with Crippen molar-refractivity contribution in [3.05, 3.63) is 71.4 Å². The quantitative estimate of drug-likeness (QED) is 0.628. The summed E-state index contributed by atoms with van der Waals surface area (Å²) in [6, 6.07) is 14.4. The number of ketones is 1. The van der Waals surface area contributed by atoms with Crippen molar-refractivity contribution < 1.29 is 9.53 Å². The van der Waals surface area contributed by atoms with Crippen LogP contribution in [0, 0.1) is 0 Å². The fourth-order valence-electron chi connectivity index (χ4n) is 1.76. The fraction of sp³-hybridized carbons (Fsp3) is 0.118. The molecule has 0 unspecified atom stereocenters. The first-order chi connectivity index (χ1) is 10.2. The van der Waals surface area contributed by atoms with Crippen LogP contribution in [0.2, 0.25) is 5.02 Å². The summed E-state index contributed by atoms with van der Waals surface area (Å²) in [5.41, 5.74) is 1.37. The maximum Gasteiger partial charge on any atom is 0.187 e. The summed E-state index contributed by atoms with van der Waals surface area (Å²) in [7, 11) is 0. The third-order valence-electron chi connectivity index (χ3n) is 2.80. The predicted octanol–water partition coefficient (Wildman–Crippen LogP) is 4.55. The molecule has 0 saturated heterocycles. The number of benzene rings is 2. The summed E-state index contributed by atoms with van der Waals surface area (Å²) < 4.78 is 5.34. The Morgan fingerprint density at radius 2 is 1.90 bits per heavy atom. The smallest absolute Gasteiger partial charge is 0.187 e. The molecule has 2 aromatic rings. The average Bonchev–Trinajstić information content (AvgIpc) is 2.50. The highest BCUT2D eigenvalue weighted by atomic mass is 35.5. The number of anilines is 1. The Morgan fingerprint density at radius 3 is 2.57 bits per heavy atom. The normalized spacial score (nSPS) is 10.6. The molecule has 0 radical (unpaired) electrons. The van der Waals surface area contributed by atoms with Crippen LogP contribution >= 0.6 is 11.6 Å². The molecule has 0 fully saturated rings. The Labute approximate surface area is 129 Å². The van der Waals surface area contributed by atoms with Gasteiger partial charge in [0.15, 0.2) is 5.78 Å². The average molecular weight is 302 g/mol. The topological polar surface area (TPSA) is 38.3 Å². The molecule has 3 nitrogen and oxygen atoms in total. The van der Waals surface area contributed by atoms with Gasteiger partial charge in [-0.2, -0.15) is 0 Å². The minimum Gasteiger partial charge on any atom is -0.494 e. The minimum absolute atomic E-state index is 0.0856. The summed E-state index contributed by atoms with van der Waals surface area (Å²) in [4.78, 5) is 12.0. The molecule has 0 bridgehead atoms. The standard InChI is InChI=1S/C17H16ClNO2/c1-2-21-14-9-7-13(8-10-14)17(20)11-12-19-16-6-4-3-5-15(16)18/h3-12,19H,2H2,1H3. The van der Waals surface area contributed by atoms with Gasteiger partial charge in [0.1, 0.15) is 5.75 Å². The van der Waals surface area contributed by atoms with Gasteiger partial charge in [-0.25, -0.2) is 0 Å². The van der Waals surface area contributed by atoms with Gasteiger partial charge in [0, 0.05) is 17.8 Å². The second-order valence-electron chi connectivity index (χ2n) is 4.28. The SMILES string of the molecule is CCOc1ccc(C(=O)C=CNc2ccccc2Cl)cc1. The van der Waals surface area contributed by atoms with Gasteiger partial charge in [-0.15, -0.1) is 0 Å². The van der Waals surface area contributed by atoms with Crippen molar-refractivity contribution in [1.29, 1.82) is 0 Å². The molecular weight excluding hydrogens is 286 g/mol. The van der Waals surface area contributed by atoms with E-state index in [9.17, 15) is 4.79 Å². The number of carbonyl (C=O) groups excluding carboxylic acids is 1. The van der Waals surface area contributed by atoms with Gasteiger partial charge >= 0.3 is 0 Å². The Morgan fingerprint density at radius 1 is 1.19 bits per heavy atom. The number of halogens is 1. The molecule has 0 saturated carbocycles. The second kappa shape index (κ2) is 7.50. The van der Waals surface area contributed by atoms with Gasteiger partial charge in [0.05, 0.1) is 17.3 Å². The van der Waals surface area contributed by atoms with E-state index in [1.807, 2.05) is 25.1 Å². The van der Waals surface area contributed by atoms with Crippen molar-refractivity contribution in [3.63, 3.8) is 0 Å². The maximum atomic E-state index is 12.0. The fourth-order valence-corrected chi connectivity index (χ4v) is 1.95. The molecule has 0 atom stereocenters. The number of hydrogen-bond donors (Lipinski definition) is 1. The lowest BCUT2D eigenvalue weighted by Crippen LogP contribution is -1.97. The summed E-state index contributed by atoms with van der Waals surface area (Å²) in [6.45, 7) is 2.52. The largest absolute Gasteiger partial charge is 0.494 e. The number of ether oxygens (including phenoxy) is 1. The number of carbonyl (C=O) groups is 1. The Balaban J connectivity index is 1.97. The van der Waals surface area contributed by atoms with E-state index in [-0.39, 0.29) is 5.78 Å². The van der Waals surface area contributed by atoms with Crippen LogP contribution in [0.4, 0.5) is 5.69 Å². The summed E-state index contributed by atoms with van der Waals surface area (Å²) in [5, 5.41) is 3.59. The zero-order valence-corrected chi connectivity index (χ0v) is 12.4. The third-order valence-corrected chi connectivity index (χ3v) is 3.13. The van der Waals surface area contributed by atoms with Gasteiger partial charge in [0.2, 0.25) is 0 Å². The van der Waals surface area contributed by atoms with Crippen LogP contribution in [0.5, 0.6) is 5.75 Å². The van der Waals surface area contributed by atoms with E-state index in [0.717, 1.165) is 11.4 Å². The van der Waals surface area contributed by atoms with E-state index in [2.05, 4.69) is 5.32 Å². The number of para-hydroxylation sites is 1. The van der Waals surface area contributed by atoms with Crippen LogP contribution < -0.4 is 10.1 Å². The zero-order valence-electron chi connectivity index (χ0n) is 11.7. The van der Waals surface area contributed by atoms with Crippen molar-refractivity contribution >= 4 is 23.1 Å². The molecule has 1 N–H and O–H groups in total. The molecule has 4 heteroatoms. The molecule has 2 aromatic carbocycles. The molecule has 0 spiro atoms. The van der Waals surface area contributed by atoms with Crippen LogP contribution in [-0.2, 0) is 0 Å². The summed E-state index contributed by atoms with van der Waals surface area (Å²) in [6.07, 6.45) is 3.05. The van der Waals surface area contributed by atoms with E-state index in [1.54, 1.807) is 36.5 Å². The highest BCUT2D eigenvalue weighted by Crippen LogP contribution is 2.20. The van der Waals surface area contributed by atoms with Gasteiger partial charge in [0.25, 0.3) is 0 Å².